The molecule has 0 aromatic rings. The normalized spacial score (nSPS) is 26.7. The van der Waals surface area contributed by atoms with Crippen LogP contribution in [-0.2, 0) is 4.79 Å². The minimum atomic E-state index is -0.736. The third kappa shape index (κ3) is 4.61. The highest BCUT2D eigenvalue weighted by Crippen LogP contribution is 2.24. The predicted octanol–water partition coefficient (Wildman–Crippen LogP) is 2.81. The Kier molecular flexibility index (Phi) is 5.88. The van der Waals surface area contributed by atoms with Crippen molar-refractivity contribution in [3.63, 3.8) is 0 Å². The van der Waals surface area contributed by atoms with Gasteiger partial charge in [0.25, 0.3) is 0 Å². The lowest BCUT2D eigenvalue weighted by atomic mass is 9.93. The molecule has 2 atom stereocenters. The zero-order chi connectivity index (χ0) is 15.2. The van der Waals surface area contributed by atoms with Crippen LogP contribution >= 0.6 is 0 Å². The van der Waals surface area contributed by atoms with Gasteiger partial charge >= 0.3 is 12.0 Å². The number of carbonyl (C=O) groups is 2. The monoisotopic (exact) mass is 296 g/mol. The number of carbonyl (C=O) groups excluding carboxylic acids is 1. The van der Waals surface area contributed by atoms with Crippen LogP contribution in [0.3, 0.4) is 0 Å². The van der Waals surface area contributed by atoms with Crippen molar-refractivity contribution >= 4 is 12.0 Å². The fourth-order valence-electron chi connectivity index (χ4n) is 3.57. The van der Waals surface area contributed by atoms with Crippen molar-refractivity contribution < 1.29 is 14.7 Å². The first-order chi connectivity index (χ1) is 10.1. The zero-order valence-corrected chi connectivity index (χ0v) is 13.1. The van der Waals surface area contributed by atoms with Gasteiger partial charge in [-0.2, -0.15) is 0 Å². The van der Waals surface area contributed by atoms with Crippen molar-refractivity contribution in [3.05, 3.63) is 0 Å². The van der Waals surface area contributed by atoms with Gasteiger partial charge in [-0.05, 0) is 43.9 Å². The number of aliphatic carboxylic acids is 1. The minimum absolute atomic E-state index is 0.174. The maximum atomic E-state index is 12.6. The Labute approximate surface area is 127 Å². The van der Waals surface area contributed by atoms with Crippen molar-refractivity contribution in [1.82, 2.24) is 9.80 Å². The van der Waals surface area contributed by atoms with Gasteiger partial charge in [0.1, 0.15) is 0 Å². The number of carboxylic acid groups (broad SMARTS) is 1. The van der Waals surface area contributed by atoms with E-state index in [1.807, 2.05) is 9.80 Å². The van der Waals surface area contributed by atoms with Crippen molar-refractivity contribution in [1.29, 1.82) is 0 Å². The highest BCUT2D eigenvalue weighted by atomic mass is 16.4. The Balaban J connectivity index is 1.85. The van der Waals surface area contributed by atoms with E-state index in [1.54, 1.807) is 0 Å². The lowest BCUT2D eigenvalue weighted by Crippen LogP contribution is -2.50. The molecule has 5 nitrogen and oxygen atoms in total. The van der Waals surface area contributed by atoms with E-state index < -0.39 is 5.97 Å². The van der Waals surface area contributed by atoms with Crippen LogP contribution in [0.25, 0.3) is 0 Å². The quantitative estimate of drug-likeness (QED) is 0.867. The Bertz CT molecular complexity index is 373. The molecule has 120 valence electrons. The number of rotatable bonds is 4. The molecule has 2 heterocycles. The second kappa shape index (κ2) is 7.66. The van der Waals surface area contributed by atoms with Crippen LogP contribution in [0, 0.1) is 11.8 Å². The molecule has 0 spiro atoms. The molecule has 2 aliphatic rings. The molecule has 0 saturated carbocycles. The van der Waals surface area contributed by atoms with Gasteiger partial charge in [0.2, 0.25) is 0 Å². The zero-order valence-electron chi connectivity index (χ0n) is 13.1. The van der Waals surface area contributed by atoms with Crippen LogP contribution in [0.5, 0.6) is 0 Å². The molecule has 0 bridgehead atoms. The fourth-order valence-corrected chi connectivity index (χ4v) is 3.57. The largest absolute Gasteiger partial charge is 0.481 e. The Morgan fingerprint density at radius 2 is 1.62 bits per heavy atom. The van der Waals surface area contributed by atoms with Gasteiger partial charge in [0.05, 0.1) is 0 Å². The van der Waals surface area contributed by atoms with E-state index in [9.17, 15) is 9.59 Å². The number of likely N-dealkylation sites (tertiary alicyclic amines) is 2. The Morgan fingerprint density at radius 3 is 2.19 bits per heavy atom. The standard InChI is InChI=1S/C16H28N2O3/c1-2-13-5-3-9-17(11-13)16(21)18-10-4-6-14(12-18)7-8-15(19)20/h13-14H,2-12H2,1H3,(H,19,20). The third-order valence-electron chi connectivity index (χ3n) is 4.92. The highest BCUT2D eigenvalue weighted by molar-refractivity contribution is 5.74. The topological polar surface area (TPSA) is 60.9 Å². The summed E-state index contributed by atoms with van der Waals surface area (Å²) in [5.41, 5.74) is 0. The summed E-state index contributed by atoms with van der Waals surface area (Å²) in [6.07, 6.45) is 6.45. The van der Waals surface area contributed by atoms with E-state index in [4.69, 9.17) is 5.11 Å². The van der Waals surface area contributed by atoms with Gasteiger partial charge in [0, 0.05) is 32.6 Å². The summed E-state index contributed by atoms with van der Waals surface area (Å²) in [7, 11) is 0. The molecular weight excluding hydrogens is 268 g/mol. The van der Waals surface area contributed by atoms with Crippen LogP contribution in [0.15, 0.2) is 0 Å². The summed E-state index contributed by atoms with van der Waals surface area (Å²) in [6.45, 7) is 5.54. The lowest BCUT2D eigenvalue weighted by Gasteiger charge is -2.39. The van der Waals surface area contributed by atoms with E-state index in [2.05, 4.69) is 6.92 Å². The first-order valence-corrected chi connectivity index (χ1v) is 8.35. The van der Waals surface area contributed by atoms with Crippen LogP contribution in [0.4, 0.5) is 4.79 Å². The number of hydrogen-bond donors (Lipinski definition) is 1. The summed E-state index contributed by atoms with van der Waals surface area (Å²) >= 11 is 0. The maximum Gasteiger partial charge on any atom is 0.320 e. The average molecular weight is 296 g/mol. The lowest BCUT2D eigenvalue weighted by molar-refractivity contribution is -0.137. The van der Waals surface area contributed by atoms with Crippen molar-refractivity contribution in [2.24, 2.45) is 11.8 Å². The molecule has 0 aromatic heterocycles. The molecule has 21 heavy (non-hydrogen) atoms. The fraction of sp³-hybridized carbons (Fsp3) is 0.875. The van der Waals surface area contributed by atoms with Crippen molar-refractivity contribution in [2.45, 2.75) is 51.9 Å². The van der Waals surface area contributed by atoms with Crippen LogP contribution < -0.4 is 0 Å². The summed E-state index contributed by atoms with van der Waals surface area (Å²) in [5, 5.41) is 8.79. The molecule has 0 aliphatic carbocycles. The second-order valence-corrected chi connectivity index (χ2v) is 6.53. The van der Waals surface area contributed by atoms with Crippen LogP contribution in [0.2, 0.25) is 0 Å². The molecule has 0 aromatic carbocycles. The average Bonchev–Trinajstić information content (AvgIpc) is 2.52. The number of hydrogen-bond acceptors (Lipinski definition) is 2. The van der Waals surface area contributed by atoms with Gasteiger partial charge in [-0.3, -0.25) is 4.79 Å². The number of carboxylic acids is 1. The molecule has 5 heteroatoms. The van der Waals surface area contributed by atoms with E-state index in [-0.39, 0.29) is 12.5 Å². The summed E-state index contributed by atoms with van der Waals surface area (Å²) in [4.78, 5) is 27.3. The first-order valence-electron chi connectivity index (χ1n) is 8.35. The molecule has 2 rings (SSSR count). The molecule has 2 aliphatic heterocycles. The van der Waals surface area contributed by atoms with Gasteiger partial charge in [0.15, 0.2) is 0 Å². The second-order valence-electron chi connectivity index (χ2n) is 6.53. The number of urea groups is 1. The SMILES string of the molecule is CCC1CCCN(C(=O)N2CCCC(CCC(=O)O)C2)C1. The molecule has 1 N–H and O–H groups in total. The molecular formula is C16H28N2O3. The van der Waals surface area contributed by atoms with Gasteiger partial charge < -0.3 is 14.9 Å². The number of piperidine rings is 2. The summed E-state index contributed by atoms with van der Waals surface area (Å²) in [5.74, 6) is 0.265. The van der Waals surface area contributed by atoms with Crippen molar-refractivity contribution in [2.75, 3.05) is 26.2 Å². The predicted molar refractivity (Wildman–Crippen MR) is 81.2 cm³/mol. The Morgan fingerprint density at radius 1 is 1.05 bits per heavy atom. The summed E-state index contributed by atoms with van der Waals surface area (Å²) in [6, 6.07) is 0.174. The van der Waals surface area contributed by atoms with Crippen LogP contribution in [-0.4, -0.2) is 53.1 Å². The maximum absolute atomic E-state index is 12.6. The molecule has 2 amide bonds. The van der Waals surface area contributed by atoms with E-state index >= 15 is 0 Å². The third-order valence-corrected chi connectivity index (χ3v) is 4.92. The van der Waals surface area contributed by atoms with Gasteiger partial charge in [-0.25, -0.2) is 4.79 Å². The Hall–Kier alpha value is -1.26. The first kappa shape index (κ1) is 16.1. The number of amides is 2. The molecule has 0 radical (unpaired) electrons. The van der Waals surface area contributed by atoms with Gasteiger partial charge in [-0.1, -0.05) is 13.3 Å². The highest BCUT2D eigenvalue weighted by Gasteiger charge is 2.29. The van der Waals surface area contributed by atoms with E-state index in [1.165, 1.54) is 6.42 Å². The molecule has 2 saturated heterocycles. The summed E-state index contributed by atoms with van der Waals surface area (Å²) < 4.78 is 0. The van der Waals surface area contributed by atoms with Crippen molar-refractivity contribution in [3.8, 4) is 0 Å². The molecule has 2 unspecified atom stereocenters. The number of nitrogens with zero attached hydrogens (tertiary/aromatic N) is 2. The van der Waals surface area contributed by atoms with Crippen LogP contribution in [0.1, 0.15) is 51.9 Å². The minimum Gasteiger partial charge on any atom is -0.481 e. The van der Waals surface area contributed by atoms with Gasteiger partial charge in [-0.15, -0.1) is 0 Å². The molecule has 2 fully saturated rings. The smallest absolute Gasteiger partial charge is 0.320 e. The van der Waals surface area contributed by atoms with E-state index in [0.29, 0.717) is 18.3 Å². The van der Waals surface area contributed by atoms with E-state index in [0.717, 1.165) is 51.9 Å².